The summed E-state index contributed by atoms with van der Waals surface area (Å²) in [4.78, 5) is 67.8. The summed E-state index contributed by atoms with van der Waals surface area (Å²) in [5, 5.41) is 9.88. The third kappa shape index (κ3) is 9.84. The van der Waals surface area contributed by atoms with E-state index in [0.717, 1.165) is 55.8 Å². The van der Waals surface area contributed by atoms with Crippen LogP contribution >= 0.6 is 18.7 Å². The van der Waals surface area contributed by atoms with Crippen LogP contribution in [0.3, 0.4) is 0 Å². The molecule has 0 radical (unpaired) electrons. The zero-order chi connectivity index (χ0) is 44.3. The number of methoxy groups -OCH3 is 1. The normalized spacial score (nSPS) is 18.4. The third-order valence-corrected chi connectivity index (χ3v) is 14.0. The van der Waals surface area contributed by atoms with E-state index in [-0.39, 0.29) is 30.7 Å². The number of nitrogens with one attached hydrogen (secondary N) is 3. The van der Waals surface area contributed by atoms with E-state index in [1.807, 2.05) is 47.4 Å². The molecule has 15 nitrogen and oxygen atoms in total. The number of hydrogen-bond donors (Lipinski definition) is 3. The topological polar surface area (TPSA) is 169 Å². The number of piperidine rings is 2. The number of halogens is 1. The van der Waals surface area contributed by atoms with Gasteiger partial charge in [-0.1, -0.05) is 41.6 Å². The molecule has 63 heavy (non-hydrogen) atoms. The number of carbonyl (C=O) groups excluding carboxylic acids is 4. The first-order valence-electron chi connectivity index (χ1n) is 21.3. The molecule has 4 aliphatic heterocycles. The van der Waals surface area contributed by atoms with E-state index < -0.39 is 19.1 Å². The molecule has 1 atom stereocenters. The number of ether oxygens (including phenoxy) is 1. The minimum atomic E-state index is -2.56. The SMILES string of the molecule is COc1cc(N2CCC(N3CCN(C(=O)CCC#Cc4cccc5c4CN(C4CCC(=O)NC4=O)C5=O)CC3)CC2)ccc1Nc1ncc(Cl)c(Nc2ccccc2P(C)(C)=O)n1. The fraction of sp³-hybridized carbons (Fsp3) is 0.391. The van der Waals surface area contributed by atoms with Crippen molar-refractivity contribution in [3.05, 3.63) is 88.6 Å². The molecule has 0 aliphatic carbocycles. The number of piperazine rings is 1. The zero-order valence-corrected chi connectivity index (χ0v) is 37.3. The summed E-state index contributed by atoms with van der Waals surface area (Å²) in [6.45, 7) is 8.54. The number of hydrogen-bond acceptors (Lipinski definition) is 12. The van der Waals surface area contributed by atoms with Crippen molar-refractivity contribution in [1.82, 2.24) is 30.0 Å². The van der Waals surface area contributed by atoms with Crippen LogP contribution in [0.4, 0.5) is 28.8 Å². The highest BCUT2D eigenvalue weighted by atomic mass is 35.5. The van der Waals surface area contributed by atoms with Gasteiger partial charge < -0.3 is 34.6 Å². The molecular weight excluding hydrogens is 841 g/mol. The van der Waals surface area contributed by atoms with E-state index in [2.05, 4.69) is 53.6 Å². The van der Waals surface area contributed by atoms with Crippen molar-refractivity contribution in [2.45, 2.75) is 57.2 Å². The summed E-state index contributed by atoms with van der Waals surface area (Å²) in [7, 11) is -0.925. The number of amides is 4. The highest BCUT2D eigenvalue weighted by Gasteiger charge is 2.40. The number of aromatic nitrogens is 2. The van der Waals surface area contributed by atoms with Crippen LogP contribution in [0.1, 0.15) is 60.0 Å². The van der Waals surface area contributed by atoms with Crippen LogP contribution in [0.15, 0.2) is 66.9 Å². The molecule has 3 fully saturated rings. The van der Waals surface area contributed by atoms with Crippen molar-refractivity contribution < 1.29 is 28.5 Å². The molecule has 3 aromatic carbocycles. The van der Waals surface area contributed by atoms with Crippen LogP contribution in [0.2, 0.25) is 5.02 Å². The van der Waals surface area contributed by atoms with E-state index >= 15 is 0 Å². The van der Waals surface area contributed by atoms with E-state index in [0.29, 0.717) is 83.2 Å². The largest absolute Gasteiger partial charge is 0.494 e. The lowest BCUT2D eigenvalue weighted by atomic mass is 10.0. The van der Waals surface area contributed by atoms with Crippen molar-refractivity contribution in [1.29, 1.82) is 0 Å². The standard InChI is InChI=1S/C46H51ClN9O6P/c1-62-39-27-32(15-16-36(39)50-46-48-28-35(47)43(52-46)49-37-12-5-6-13-40(37)63(2,3)61)53-21-19-31(20-22-53)54-23-25-55(26-24-54)42(58)14-7-4-9-30-10-8-11-33-34(30)29-56(45(33)60)38-17-18-41(57)51-44(38)59/h5-6,8,10-13,15-16,27-28,31,38H,7,14,17-26,29H2,1-3H3,(H,51,57,59)(H2,48,49,50,52). The molecular formula is C46H51ClN9O6P. The number of fused-ring (bicyclic) bond motifs is 1. The molecule has 0 spiro atoms. The highest BCUT2D eigenvalue weighted by molar-refractivity contribution is 7.70. The Bertz CT molecular complexity index is 2540. The number of nitrogens with zero attached hydrogens (tertiary/aromatic N) is 6. The second kappa shape index (κ2) is 18.8. The number of imide groups is 1. The van der Waals surface area contributed by atoms with Gasteiger partial charge in [-0.25, -0.2) is 4.98 Å². The van der Waals surface area contributed by atoms with Crippen molar-refractivity contribution >= 4 is 76.5 Å². The number of anilines is 5. The molecule has 0 bridgehead atoms. The molecule has 8 rings (SSSR count). The van der Waals surface area contributed by atoms with Gasteiger partial charge in [-0.15, -0.1) is 0 Å². The second-order valence-electron chi connectivity index (χ2n) is 16.6. The molecule has 4 aliphatic rings. The monoisotopic (exact) mass is 891 g/mol. The van der Waals surface area contributed by atoms with Crippen LogP contribution in [0, 0.1) is 11.8 Å². The average Bonchev–Trinajstić information content (AvgIpc) is 3.62. The molecule has 328 valence electrons. The predicted molar refractivity (Wildman–Crippen MR) is 244 cm³/mol. The maximum absolute atomic E-state index is 13.2. The van der Waals surface area contributed by atoms with Gasteiger partial charge in [0.1, 0.15) is 24.0 Å². The molecule has 1 aromatic heterocycles. The van der Waals surface area contributed by atoms with Crippen molar-refractivity contribution in [2.24, 2.45) is 0 Å². The predicted octanol–water partition coefficient (Wildman–Crippen LogP) is 5.58. The first kappa shape index (κ1) is 43.7. The zero-order valence-electron chi connectivity index (χ0n) is 35.7. The Labute approximate surface area is 372 Å². The van der Waals surface area contributed by atoms with Crippen molar-refractivity contribution in [3.8, 4) is 17.6 Å². The Hall–Kier alpha value is -5.94. The number of para-hydroxylation sites is 1. The average molecular weight is 892 g/mol. The number of carbonyl (C=O) groups is 4. The van der Waals surface area contributed by atoms with Gasteiger partial charge in [-0.3, -0.25) is 29.4 Å². The van der Waals surface area contributed by atoms with Gasteiger partial charge in [0.05, 0.1) is 24.7 Å². The summed E-state index contributed by atoms with van der Waals surface area (Å²) in [5.74, 6) is 6.78. The van der Waals surface area contributed by atoms with Gasteiger partial charge in [0.25, 0.3) is 5.91 Å². The molecule has 3 N–H and O–H groups in total. The van der Waals surface area contributed by atoms with Gasteiger partial charge in [-0.2, -0.15) is 4.98 Å². The van der Waals surface area contributed by atoms with Crippen LogP contribution < -0.4 is 30.9 Å². The Morgan fingerprint density at radius 1 is 0.952 bits per heavy atom. The molecule has 0 saturated carbocycles. The fourth-order valence-corrected chi connectivity index (χ4v) is 10.1. The summed E-state index contributed by atoms with van der Waals surface area (Å²) >= 11 is 6.48. The van der Waals surface area contributed by atoms with E-state index in [9.17, 15) is 23.7 Å². The van der Waals surface area contributed by atoms with Gasteiger partial charge >= 0.3 is 0 Å². The smallest absolute Gasteiger partial charge is 0.255 e. The lowest BCUT2D eigenvalue weighted by Crippen LogP contribution is -2.54. The Kier molecular flexibility index (Phi) is 13.0. The van der Waals surface area contributed by atoms with E-state index in [1.54, 1.807) is 32.6 Å². The van der Waals surface area contributed by atoms with Gasteiger partial charge in [0.15, 0.2) is 5.82 Å². The third-order valence-electron chi connectivity index (χ3n) is 12.2. The van der Waals surface area contributed by atoms with Crippen molar-refractivity contribution in [3.63, 3.8) is 0 Å². The van der Waals surface area contributed by atoms with Crippen LogP contribution in [-0.2, 0) is 25.5 Å². The Morgan fingerprint density at radius 3 is 2.48 bits per heavy atom. The maximum atomic E-state index is 13.2. The summed E-state index contributed by atoms with van der Waals surface area (Å²) in [6, 6.07) is 18.6. The van der Waals surface area contributed by atoms with Crippen LogP contribution in [0.5, 0.6) is 5.75 Å². The lowest BCUT2D eigenvalue weighted by Gasteiger charge is -2.43. The van der Waals surface area contributed by atoms with Crippen LogP contribution in [0.25, 0.3) is 0 Å². The lowest BCUT2D eigenvalue weighted by molar-refractivity contribution is -0.137. The molecule has 3 saturated heterocycles. The summed E-state index contributed by atoms with van der Waals surface area (Å²) in [6.07, 6.45) is 4.77. The van der Waals surface area contributed by atoms with Gasteiger partial charge in [-0.05, 0) is 74.6 Å². The van der Waals surface area contributed by atoms with Gasteiger partial charge in [0, 0.05) is 99.3 Å². The molecule has 4 aromatic rings. The Balaban J connectivity index is 0.796. The molecule has 4 amide bonds. The number of rotatable bonds is 11. The molecule has 1 unspecified atom stereocenters. The van der Waals surface area contributed by atoms with E-state index in [4.69, 9.17) is 16.3 Å². The highest BCUT2D eigenvalue weighted by Crippen LogP contribution is 2.39. The summed E-state index contributed by atoms with van der Waals surface area (Å²) < 4.78 is 18.7. The maximum Gasteiger partial charge on any atom is 0.255 e. The first-order valence-corrected chi connectivity index (χ1v) is 24.3. The quantitative estimate of drug-likeness (QED) is 0.0973. The molecule has 17 heteroatoms. The molecule has 5 heterocycles. The first-order chi connectivity index (χ1) is 30.4. The minimum Gasteiger partial charge on any atom is -0.494 e. The minimum absolute atomic E-state index is 0.0923. The van der Waals surface area contributed by atoms with Gasteiger partial charge in [0.2, 0.25) is 23.7 Å². The summed E-state index contributed by atoms with van der Waals surface area (Å²) in [5.41, 5.74) is 4.46. The Morgan fingerprint density at radius 2 is 1.73 bits per heavy atom. The fourth-order valence-electron chi connectivity index (χ4n) is 8.81. The number of benzene rings is 3. The van der Waals surface area contributed by atoms with Crippen molar-refractivity contribution in [2.75, 3.05) is 75.2 Å². The van der Waals surface area contributed by atoms with Crippen LogP contribution in [-0.4, -0.2) is 120 Å². The van der Waals surface area contributed by atoms with E-state index in [1.165, 1.54) is 11.1 Å². The second-order valence-corrected chi connectivity index (χ2v) is 20.2.